The van der Waals surface area contributed by atoms with E-state index in [-0.39, 0.29) is 5.60 Å². The van der Waals surface area contributed by atoms with Crippen molar-refractivity contribution in [2.75, 3.05) is 6.61 Å². The molecule has 0 aromatic heterocycles. The predicted molar refractivity (Wildman–Crippen MR) is 188 cm³/mol. The lowest BCUT2D eigenvalue weighted by molar-refractivity contribution is -0.219. The molecule has 1 nitrogen and oxygen atoms in total. The Morgan fingerprint density at radius 3 is 1.96 bits per heavy atom. The summed E-state index contributed by atoms with van der Waals surface area (Å²) in [4.78, 5) is 0. The maximum absolute atomic E-state index is 10.4. The van der Waals surface area contributed by atoms with Gasteiger partial charge in [0.1, 0.15) is 0 Å². The van der Waals surface area contributed by atoms with Crippen molar-refractivity contribution in [2.24, 2.45) is 29.1 Å². The number of rotatable bonds is 2. The van der Waals surface area contributed by atoms with Crippen molar-refractivity contribution in [2.45, 2.75) is 143 Å². The van der Waals surface area contributed by atoms with Gasteiger partial charge in [-0.25, -0.2) is 8.78 Å². The Balaban J connectivity index is 0.000000418. The topological polar surface area (TPSA) is 9.23 Å². The summed E-state index contributed by atoms with van der Waals surface area (Å²) in [5.41, 5.74) is 9.96. The van der Waals surface area contributed by atoms with E-state index in [2.05, 4.69) is 69.3 Å². The van der Waals surface area contributed by atoms with Crippen molar-refractivity contribution in [3.63, 3.8) is 0 Å². The summed E-state index contributed by atoms with van der Waals surface area (Å²) in [6.45, 7) is 15.9. The zero-order chi connectivity index (χ0) is 35.3. The molecule has 4 fully saturated rings. The van der Waals surface area contributed by atoms with Gasteiger partial charge in [-0.2, -0.15) is 13.2 Å². The number of benzene rings is 2. The summed E-state index contributed by atoms with van der Waals surface area (Å²) in [5.74, 6) is 4.19. The summed E-state index contributed by atoms with van der Waals surface area (Å²) < 4.78 is 58.8. The normalized spacial score (nSPS) is 30.4. The minimum atomic E-state index is -5.33. The molecule has 6 atom stereocenters. The van der Waals surface area contributed by atoms with Crippen LogP contribution in [0.15, 0.2) is 59.7 Å². The second-order valence-electron chi connectivity index (χ2n) is 15.2. The van der Waals surface area contributed by atoms with Crippen LogP contribution in [-0.2, 0) is 4.74 Å². The molecule has 268 valence electrons. The van der Waals surface area contributed by atoms with Gasteiger partial charge in [0.05, 0.1) is 12.2 Å². The highest BCUT2D eigenvalue weighted by atomic mass is 19.4. The van der Waals surface area contributed by atoms with E-state index in [1.165, 1.54) is 87.3 Å². The zero-order valence-corrected chi connectivity index (χ0v) is 30.4. The van der Waals surface area contributed by atoms with Crippen molar-refractivity contribution in [3.05, 3.63) is 70.8 Å². The van der Waals surface area contributed by atoms with Crippen LogP contribution in [0.2, 0.25) is 0 Å². The quantitative estimate of drug-likeness (QED) is 0.228. The maximum atomic E-state index is 10.4. The molecule has 4 aliphatic carbocycles. The third kappa shape index (κ3) is 8.74. The molecule has 0 N–H and O–H groups in total. The van der Waals surface area contributed by atoms with Crippen LogP contribution in [0, 0.1) is 36.0 Å². The Kier molecular flexibility index (Phi) is 13.0. The van der Waals surface area contributed by atoms with Crippen molar-refractivity contribution >= 4 is 0 Å². The average Bonchev–Trinajstić information content (AvgIpc) is 3.57. The highest BCUT2D eigenvalue weighted by Crippen LogP contribution is 2.61. The maximum Gasteiger partial charge on any atom is 0.450 e. The summed E-state index contributed by atoms with van der Waals surface area (Å²) in [7, 11) is 0. The van der Waals surface area contributed by atoms with Gasteiger partial charge in [0.2, 0.25) is 0 Å². The van der Waals surface area contributed by atoms with Gasteiger partial charge < -0.3 is 4.74 Å². The predicted octanol–water partition coefficient (Wildman–Crippen LogP) is 13.5. The molecule has 1 aliphatic heterocycles. The first-order chi connectivity index (χ1) is 22.8. The summed E-state index contributed by atoms with van der Waals surface area (Å²) >= 11 is 0. The molecule has 2 aromatic rings. The highest BCUT2D eigenvalue weighted by molar-refractivity contribution is 5.64. The molecule has 1 saturated heterocycles. The van der Waals surface area contributed by atoms with E-state index in [0.29, 0.717) is 11.3 Å². The van der Waals surface area contributed by atoms with Gasteiger partial charge in [-0.3, -0.25) is 0 Å². The first-order valence-corrected chi connectivity index (χ1v) is 18.7. The van der Waals surface area contributed by atoms with E-state index in [9.17, 15) is 22.0 Å². The average molecular weight is 675 g/mol. The lowest BCUT2D eigenvalue weighted by atomic mass is 9.55. The molecule has 6 heteroatoms. The third-order valence-corrected chi connectivity index (χ3v) is 11.7. The Morgan fingerprint density at radius 2 is 1.40 bits per heavy atom. The van der Waals surface area contributed by atoms with Crippen LogP contribution in [0.4, 0.5) is 22.0 Å². The lowest BCUT2D eigenvalue weighted by Gasteiger charge is -2.53. The molecule has 0 amide bonds. The fourth-order valence-electron chi connectivity index (χ4n) is 9.30. The van der Waals surface area contributed by atoms with Crippen LogP contribution in [0.5, 0.6) is 0 Å². The molecular formula is C42H59F5O. The number of fused-ring (bicyclic) bond motifs is 4. The van der Waals surface area contributed by atoms with E-state index in [1.54, 1.807) is 5.56 Å². The smallest absolute Gasteiger partial charge is 0.374 e. The first-order valence-electron chi connectivity index (χ1n) is 18.7. The van der Waals surface area contributed by atoms with E-state index in [1.807, 2.05) is 38.8 Å². The van der Waals surface area contributed by atoms with Crippen LogP contribution in [0.3, 0.4) is 0 Å². The van der Waals surface area contributed by atoms with Crippen molar-refractivity contribution in [3.8, 4) is 11.1 Å². The Bertz CT molecular complexity index is 1310. The van der Waals surface area contributed by atoms with Crippen LogP contribution in [-0.4, -0.2) is 24.8 Å². The molecule has 0 radical (unpaired) electrons. The van der Waals surface area contributed by atoms with Gasteiger partial charge in [0.25, 0.3) is 0 Å². The molecule has 1 spiro atoms. The summed E-state index contributed by atoms with van der Waals surface area (Å²) in [6.07, 6.45) is 5.58. The molecule has 2 aromatic carbocycles. The SMILES string of the molecule is CC.CC.Cc1ccc(-c2ccc(C3CC4CCCC4C4CCC5CC6(CCC5=C34)CCC(C)(C)CO6)cc2)cc1.FC(F)C(F)(F)F. The van der Waals surface area contributed by atoms with Crippen molar-refractivity contribution in [1.82, 2.24) is 0 Å². The van der Waals surface area contributed by atoms with E-state index < -0.39 is 12.6 Å². The number of aryl methyl sites for hydroxylation is 1. The number of hydrogen-bond acceptors (Lipinski definition) is 1. The first kappa shape index (κ1) is 38.6. The molecule has 3 saturated carbocycles. The van der Waals surface area contributed by atoms with Crippen LogP contribution >= 0.6 is 0 Å². The standard InChI is InChI=1S/C36H46O.C2HF5.2C2H6/c1-24-7-9-25(10-8-24)26-11-13-27(14-12-26)33-21-28-5-4-6-30(28)32-16-15-29-22-36(18-17-31(29)34(32)33)20-19-35(2,3)23-37-36;3-1(4)2(5,6)7;2*1-2/h7-14,28-30,32-33H,4-6,15-23H2,1-3H3;1H;2*1-2H3. The molecule has 7 rings (SSSR count). The lowest BCUT2D eigenvalue weighted by Crippen LogP contribution is -2.47. The number of hydrogen-bond donors (Lipinski definition) is 0. The van der Waals surface area contributed by atoms with E-state index in [4.69, 9.17) is 4.74 Å². The largest absolute Gasteiger partial charge is 0.450 e. The Hall–Kier alpha value is -2.21. The zero-order valence-electron chi connectivity index (χ0n) is 30.4. The highest BCUT2D eigenvalue weighted by Gasteiger charge is 2.51. The fourth-order valence-corrected chi connectivity index (χ4v) is 9.30. The van der Waals surface area contributed by atoms with Gasteiger partial charge in [0.15, 0.2) is 0 Å². The van der Waals surface area contributed by atoms with Gasteiger partial charge in [0, 0.05) is 5.92 Å². The number of allylic oxidation sites excluding steroid dienone is 2. The monoisotopic (exact) mass is 674 g/mol. The fraction of sp³-hybridized carbons (Fsp3) is 0.667. The van der Waals surface area contributed by atoms with Gasteiger partial charge in [-0.05, 0) is 110 Å². The van der Waals surface area contributed by atoms with E-state index >= 15 is 0 Å². The van der Waals surface area contributed by atoms with Crippen LogP contribution in [0.1, 0.15) is 129 Å². The molecular weight excluding hydrogens is 615 g/mol. The number of ether oxygens (including phenoxy) is 1. The molecule has 6 unspecified atom stereocenters. The minimum Gasteiger partial charge on any atom is -0.374 e. The van der Waals surface area contributed by atoms with Crippen LogP contribution < -0.4 is 0 Å². The molecule has 48 heavy (non-hydrogen) atoms. The Morgan fingerprint density at radius 1 is 0.792 bits per heavy atom. The van der Waals surface area contributed by atoms with Crippen molar-refractivity contribution in [1.29, 1.82) is 0 Å². The Labute approximate surface area is 287 Å². The van der Waals surface area contributed by atoms with E-state index in [0.717, 1.165) is 30.3 Å². The van der Waals surface area contributed by atoms with Gasteiger partial charge in [-0.1, -0.05) is 120 Å². The van der Waals surface area contributed by atoms with Crippen molar-refractivity contribution < 1.29 is 26.7 Å². The minimum absolute atomic E-state index is 0.173. The molecule has 5 aliphatic rings. The second kappa shape index (κ2) is 16.2. The number of alkyl halides is 5. The van der Waals surface area contributed by atoms with Gasteiger partial charge >= 0.3 is 12.6 Å². The molecule has 0 bridgehead atoms. The second-order valence-corrected chi connectivity index (χ2v) is 15.2. The van der Waals surface area contributed by atoms with Gasteiger partial charge in [-0.15, -0.1) is 0 Å². The summed E-state index contributed by atoms with van der Waals surface area (Å²) in [6, 6.07) is 18.8. The number of halogens is 5. The van der Waals surface area contributed by atoms with Crippen LogP contribution in [0.25, 0.3) is 11.1 Å². The third-order valence-electron chi connectivity index (χ3n) is 11.7. The summed E-state index contributed by atoms with van der Waals surface area (Å²) in [5, 5.41) is 0. The molecule has 1 heterocycles.